The lowest BCUT2D eigenvalue weighted by molar-refractivity contribution is -0.141. The van der Waals surface area contributed by atoms with Crippen LogP contribution in [0.4, 0.5) is 17.6 Å². The number of ketones is 2. The Morgan fingerprint density at radius 2 is 1.82 bits per heavy atom. The molecule has 178 valence electrons. The van der Waals surface area contributed by atoms with Crippen LogP contribution in [0, 0.1) is 5.92 Å². The van der Waals surface area contributed by atoms with Gasteiger partial charge in [0.25, 0.3) is 5.56 Å². The molecule has 11 heteroatoms. The van der Waals surface area contributed by atoms with Gasteiger partial charge in [0, 0.05) is 30.0 Å². The van der Waals surface area contributed by atoms with Crippen LogP contribution in [-0.4, -0.2) is 39.1 Å². The molecule has 0 bridgehead atoms. The summed E-state index contributed by atoms with van der Waals surface area (Å²) >= 11 is 0. The van der Waals surface area contributed by atoms with Gasteiger partial charge >= 0.3 is 12.1 Å². The Morgan fingerprint density at radius 1 is 1.12 bits per heavy atom. The normalized spacial score (nSPS) is 13.4. The first-order valence-corrected chi connectivity index (χ1v) is 10.0. The van der Waals surface area contributed by atoms with Gasteiger partial charge in [-0.05, 0) is 30.2 Å². The molecule has 0 radical (unpaired) electrons. The summed E-state index contributed by atoms with van der Waals surface area (Å²) in [7, 11) is 0. The average molecular weight is 470 g/mol. The van der Waals surface area contributed by atoms with Gasteiger partial charge in [-0.1, -0.05) is 19.1 Å². The minimum atomic E-state index is -4.56. The Kier molecular flexibility index (Phi) is 8.61. The topological polar surface area (TPSA) is 106 Å². The SMILES string of the molecule is CCC(C(=O)CC(CC(=O)O)C(=O)CF)c1ccnn(Cc2cccc(C(F)(F)F)c2)c1=O. The molecule has 1 aromatic carbocycles. The Hall–Kier alpha value is -3.37. The molecule has 0 aliphatic carbocycles. The molecule has 7 nitrogen and oxygen atoms in total. The van der Waals surface area contributed by atoms with Crippen molar-refractivity contribution in [2.45, 2.75) is 44.8 Å². The fourth-order valence-corrected chi connectivity index (χ4v) is 3.49. The van der Waals surface area contributed by atoms with Crippen LogP contribution in [0.25, 0.3) is 0 Å². The van der Waals surface area contributed by atoms with Crippen LogP contribution in [-0.2, 0) is 27.1 Å². The third kappa shape index (κ3) is 6.80. The molecule has 0 spiro atoms. The molecule has 0 aliphatic heterocycles. The maximum Gasteiger partial charge on any atom is 0.416 e. The van der Waals surface area contributed by atoms with E-state index < -0.39 is 66.2 Å². The van der Waals surface area contributed by atoms with Crippen LogP contribution in [0.1, 0.15) is 48.8 Å². The van der Waals surface area contributed by atoms with E-state index in [4.69, 9.17) is 5.11 Å². The van der Waals surface area contributed by atoms with Crippen molar-refractivity contribution in [3.05, 3.63) is 63.6 Å². The number of nitrogens with zero attached hydrogens (tertiary/aromatic N) is 2. The molecule has 0 amide bonds. The van der Waals surface area contributed by atoms with Crippen molar-refractivity contribution in [1.29, 1.82) is 0 Å². The Labute approximate surface area is 186 Å². The number of rotatable bonds is 11. The van der Waals surface area contributed by atoms with E-state index in [9.17, 15) is 36.7 Å². The van der Waals surface area contributed by atoms with Crippen LogP contribution in [0.5, 0.6) is 0 Å². The zero-order valence-electron chi connectivity index (χ0n) is 17.6. The number of benzene rings is 1. The maximum absolute atomic E-state index is 13.0. The van der Waals surface area contributed by atoms with E-state index in [1.165, 1.54) is 24.4 Å². The summed E-state index contributed by atoms with van der Waals surface area (Å²) in [6.07, 6.45) is -4.48. The van der Waals surface area contributed by atoms with Crippen molar-refractivity contribution >= 4 is 17.5 Å². The summed E-state index contributed by atoms with van der Waals surface area (Å²) in [5.41, 5.74) is -1.41. The van der Waals surface area contributed by atoms with Crippen molar-refractivity contribution in [2.24, 2.45) is 5.92 Å². The highest BCUT2D eigenvalue weighted by molar-refractivity contribution is 5.93. The largest absolute Gasteiger partial charge is 0.481 e. The van der Waals surface area contributed by atoms with Crippen molar-refractivity contribution in [1.82, 2.24) is 9.78 Å². The third-order valence-electron chi connectivity index (χ3n) is 5.16. The number of halogens is 4. The van der Waals surface area contributed by atoms with E-state index in [2.05, 4.69) is 5.10 Å². The van der Waals surface area contributed by atoms with Gasteiger partial charge in [0.15, 0.2) is 5.78 Å². The second-order valence-corrected chi connectivity index (χ2v) is 7.47. The standard InChI is InChI=1S/C22H22F4N2O5/c1-2-16(18(29)9-14(10-20(31)32)19(30)11-23)17-6-7-27-28(21(17)33)12-13-4-3-5-15(8-13)22(24,25)26/h3-8,14,16H,2,9-12H2,1H3,(H,31,32). The second-order valence-electron chi connectivity index (χ2n) is 7.47. The number of carboxylic acid groups (broad SMARTS) is 1. The molecule has 2 aromatic rings. The smallest absolute Gasteiger partial charge is 0.416 e. The van der Waals surface area contributed by atoms with Gasteiger partial charge in [0.1, 0.15) is 12.5 Å². The predicted molar refractivity (Wildman–Crippen MR) is 108 cm³/mol. The summed E-state index contributed by atoms with van der Waals surface area (Å²) in [6.45, 7) is -0.0903. The molecule has 2 unspecified atom stereocenters. The van der Waals surface area contributed by atoms with E-state index in [-0.39, 0.29) is 24.1 Å². The van der Waals surface area contributed by atoms with Gasteiger partial charge in [-0.3, -0.25) is 19.2 Å². The van der Waals surface area contributed by atoms with Gasteiger partial charge in [0.2, 0.25) is 0 Å². The molecule has 0 saturated heterocycles. The number of aromatic nitrogens is 2. The lowest BCUT2D eigenvalue weighted by Crippen LogP contribution is -2.31. The lowest BCUT2D eigenvalue weighted by atomic mass is 9.85. The van der Waals surface area contributed by atoms with E-state index in [0.29, 0.717) is 0 Å². The molecular formula is C22H22F4N2O5. The zero-order chi connectivity index (χ0) is 24.8. The zero-order valence-corrected chi connectivity index (χ0v) is 17.6. The Bertz CT molecular complexity index is 1080. The number of carbonyl (C=O) groups excluding carboxylic acids is 2. The van der Waals surface area contributed by atoms with Crippen molar-refractivity contribution in [3.8, 4) is 0 Å². The first kappa shape index (κ1) is 25.9. The highest BCUT2D eigenvalue weighted by Crippen LogP contribution is 2.29. The number of hydrogen-bond acceptors (Lipinski definition) is 5. The number of carboxylic acids is 1. The first-order chi connectivity index (χ1) is 15.5. The van der Waals surface area contributed by atoms with Gasteiger partial charge < -0.3 is 5.11 Å². The number of aliphatic carboxylic acids is 1. The molecule has 33 heavy (non-hydrogen) atoms. The monoisotopic (exact) mass is 470 g/mol. The van der Waals surface area contributed by atoms with Crippen LogP contribution in [0.15, 0.2) is 41.3 Å². The van der Waals surface area contributed by atoms with E-state index in [1.807, 2.05) is 0 Å². The van der Waals surface area contributed by atoms with Crippen molar-refractivity contribution < 1.29 is 37.1 Å². The highest BCUT2D eigenvalue weighted by atomic mass is 19.4. The summed E-state index contributed by atoms with van der Waals surface area (Å²) in [6, 6.07) is 5.68. The first-order valence-electron chi connectivity index (χ1n) is 10.0. The van der Waals surface area contributed by atoms with Crippen LogP contribution in [0.2, 0.25) is 0 Å². The van der Waals surface area contributed by atoms with Gasteiger partial charge in [-0.15, -0.1) is 0 Å². The number of Topliss-reactive ketones (excluding diaryl/α,β-unsaturated/α-hetero) is 2. The van der Waals surface area contributed by atoms with E-state index in [1.54, 1.807) is 6.92 Å². The fourth-order valence-electron chi connectivity index (χ4n) is 3.49. The van der Waals surface area contributed by atoms with E-state index in [0.717, 1.165) is 16.8 Å². The number of alkyl halides is 4. The highest BCUT2D eigenvalue weighted by Gasteiger charge is 2.31. The molecule has 2 atom stereocenters. The summed E-state index contributed by atoms with van der Waals surface area (Å²) in [5, 5.41) is 12.8. The molecule has 1 heterocycles. The Balaban J connectivity index is 2.32. The number of carbonyl (C=O) groups is 3. The minimum absolute atomic E-state index is 0.00579. The summed E-state index contributed by atoms with van der Waals surface area (Å²) in [5.74, 6) is -5.37. The van der Waals surface area contributed by atoms with Crippen LogP contribution < -0.4 is 5.56 Å². The van der Waals surface area contributed by atoms with Crippen molar-refractivity contribution in [3.63, 3.8) is 0 Å². The number of hydrogen-bond donors (Lipinski definition) is 1. The molecule has 2 rings (SSSR count). The van der Waals surface area contributed by atoms with Gasteiger partial charge in [-0.25, -0.2) is 9.07 Å². The predicted octanol–water partition coefficient (Wildman–Crippen LogP) is 3.39. The minimum Gasteiger partial charge on any atom is -0.481 e. The van der Waals surface area contributed by atoms with Crippen molar-refractivity contribution in [2.75, 3.05) is 6.67 Å². The Morgan fingerprint density at radius 3 is 2.39 bits per heavy atom. The quantitative estimate of drug-likeness (QED) is 0.505. The molecule has 0 fully saturated rings. The third-order valence-corrected chi connectivity index (χ3v) is 5.16. The molecular weight excluding hydrogens is 448 g/mol. The fraction of sp³-hybridized carbons (Fsp3) is 0.409. The van der Waals surface area contributed by atoms with Gasteiger partial charge in [0.05, 0.1) is 18.5 Å². The second kappa shape index (κ2) is 11.0. The van der Waals surface area contributed by atoms with Gasteiger partial charge in [-0.2, -0.15) is 18.3 Å². The maximum atomic E-state index is 13.0. The lowest BCUT2D eigenvalue weighted by Gasteiger charge is -2.18. The summed E-state index contributed by atoms with van der Waals surface area (Å²) < 4.78 is 52.6. The van der Waals surface area contributed by atoms with Crippen LogP contribution >= 0.6 is 0 Å². The molecule has 0 aliphatic rings. The summed E-state index contributed by atoms with van der Waals surface area (Å²) in [4.78, 5) is 48.4. The van der Waals surface area contributed by atoms with Crippen LogP contribution in [0.3, 0.4) is 0 Å². The molecule has 0 saturated carbocycles. The average Bonchev–Trinajstić information content (AvgIpc) is 2.75. The molecule has 1 N–H and O–H groups in total. The molecule has 1 aromatic heterocycles. The van der Waals surface area contributed by atoms with E-state index >= 15 is 0 Å².